The van der Waals surface area contributed by atoms with E-state index in [4.69, 9.17) is 16.3 Å². The van der Waals surface area contributed by atoms with Crippen molar-refractivity contribution in [3.63, 3.8) is 0 Å². The monoisotopic (exact) mass is 480 g/mol. The molecule has 1 N–H and O–H groups in total. The summed E-state index contributed by atoms with van der Waals surface area (Å²) in [6, 6.07) is 12.3. The summed E-state index contributed by atoms with van der Waals surface area (Å²) in [6.07, 6.45) is 0. The first-order valence-corrected chi connectivity index (χ1v) is 10.6. The summed E-state index contributed by atoms with van der Waals surface area (Å²) in [6.45, 7) is 7.63. The number of hydrogen-bond acceptors (Lipinski definition) is 3. The highest BCUT2D eigenvalue weighted by molar-refractivity contribution is 9.10. The van der Waals surface area contributed by atoms with E-state index in [2.05, 4.69) is 21.2 Å². The molecule has 5 nitrogen and oxygen atoms in total. The number of ether oxygens (including phenoxy) is 1. The van der Waals surface area contributed by atoms with Gasteiger partial charge in [0, 0.05) is 17.6 Å². The van der Waals surface area contributed by atoms with Gasteiger partial charge in [-0.1, -0.05) is 41.4 Å². The van der Waals surface area contributed by atoms with Gasteiger partial charge in [0.25, 0.3) is 5.91 Å². The van der Waals surface area contributed by atoms with Gasteiger partial charge in [0.1, 0.15) is 11.8 Å². The van der Waals surface area contributed by atoms with Crippen LogP contribution in [0.1, 0.15) is 31.9 Å². The van der Waals surface area contributed by atoms with Crippen LogP contribution in [0.3, 0.4) is 0 Å². The predicted octanol–water partition coefficient (Wildman–Crippen LogP) is 4.73. The van der Waals surface area contributed by atoms with Gasteiger partial charge in [0.05, 0.1) is 4.47 Å². The van der Waals surface area contributed by atoms with Gasteiger partial charge in [0.15, 0.2) is 6.61 Å². The van der Waals surface area contributed by atoms with Crippen LogP contribution in [0.4, 0.5) is 0 Å². The lowest BCUT2D eigenvalue weighted by Gasteiger charge is -2.29. The van der Waals surface area contributed by atoms with Crippen molar-refractivity contribution in [3.8, 4) is 5.75 Å². The number of amides is 2. The topological polar surface area (TPSA) is 58.6 Å². The van der Waals surface area contributed by atoms with Crippen LogP contribution in [0, 0.1) is 6.92 Å². The second-order valence-corrected chi connectivity index (χ2v) is 8.50. The number of halogens is 2. The summed E-state index contributed by atoms with van der Waals surface area (Å²) in [4.78, 5) is 27.1. The molecule has 0 spiro atoms. The second kappa shape index (κ2) is 10.6. The molecular formula is C22H26BrClN2O3. The van der Waals surface area contributed by atoms with Gasteiger partial charge in [-0.05, 0) is 67.4 Å². The highest BCUT2D eigenvalue weighted by atomic mass is 79.9. The molecule has 0 saturated carbocycles. The molecule has 0 aliphatic carbocycles. The van der Waals surface area contributed by atoms with E-state index in [1.165, 1.54) is 4.90 Å². The Morgan fingerprint density at radius 2 is 1.79 bits per heavy atom. The van der Waals surface area contributed by atoms with Crippen molar-refractivity contribution in [1.82, 2.24) is 10.2 Å². The van der Waals surface area contributed by atoms with E-state index in [1.54, 1.807) is 25.1 Å². The quantitative estimate of drug-likeness (QED) is 0.593. The summed E-state index contributed by atoms with van der Waals surface area (Å²) in [5, 5.41) is 3.43. The molecule has 2 rings (SSSR count). The lowest BCUT2D eigenvalue weighted by atomic mass is 10.1. The number of carbonyl (C=O) groups is 2. The number of nitrogens with one attached hydrogen (secondary N) is 1. The molecule has 156 valence electrons. The fourth-order valence-electron chi connectivity index (χ4n) is 2.69. The Bertz CT molecular complexity index is 856. The second-order valence-electron chi connectivity index (χ2n) is 7.21. The molecule has 2 aromatic rings. The summed E-state index contributed by atoms with van der Waals surface area (Å²) in [5.41, 5.74) is 2.08. The zero-order valence-corrected chi connectivity index (χ0v) is 19.4. The van der Waals surface area contributed by atoms with E-state index in [-0.39, 0.29) is 24.5 Å². The van der Waals surface area contributed by atoms with Crippen LogP contribution in [0.15, 0.2) is 46.9 Å². The number of hydrogen-bond donors (Lipinski definition) is 1. The minimum atomic E-state index is -0.636. The minimum absolute atomic E-state index is 0.0115. The van der Waals surface area contributed by atoms with Crippen molar-refractivity contribution in [2.24, 2.45) is 0 Å². The Hall–Kier alpha value is -2.05. The first kappa shape index (κ1) is 23.2. The summed E-state index contributed by atoms with van der Waals surface area (Å²) >= 11 is 9.32. The van der Waals surface area contributed by atoms with Gasteiger partial charge in [-0.2, -0.15) is 0 Å². The number of rotatable bonds is 8. The first-order chi connectivity index (χ1) is 13.7. The maximum Gasteiger partial charge on any atom is 0.261 e. The Morgan fingerprint density at radius 1 is 1.14 bits per heavy atom. The van der Waals surface area contributed by atoms with Crippen molar-refractivity contribution in [3.05, 3.63) is 63.1 Å². The van der Waals surface area contributed by atoms with Crippen molar-refractivity contribution >= 4 is 39.3 Å². The summed E-state index contributed by atoms with van der Waals surface area (Å²) in [7, 11) is 0. The number of carbonyl (C=O) groups excluding carboxylic acids is 2. The van der Waals surface area contributed by atoms with E-state index in [1.807, 2.05) is 45.0 Å². The average Bonchev–Trinajstić information content (AvgIpc) is 2.65. The smallest absolute Gasteiger partial charge is 0.261 e. The van der Waals surface area contributed by atoms with Crippen LogP contribution >= 0.6 is 27.5 Å². The molecule has 0 fully saturated rings. The standard InChI is InChI=1S/C22H26BrClN2O3/c1-14(2)25-22(28)16(4)26(12-17-7-5-15(3)6-8-17)21(27)13-29-20-10-9-18(24)11-19(20)23/h5-11,14,16H,12-13H2,1-4H3,(H,25,28). The Balaban J connectivity index is 2.16. The van der Waals surface area contributed by atoms with Gasteiger partial charge in [-0.25, -0.2) is 0 Å². The molecule has 0 aliphatic rings. The SMILES string of the molecule is Cc1ccc(CN(C(=O)COc2ccc(Cl)cc2Br)C(C)C(=O)NC(C)C)cc1. The largest absolute Gasteiger partial charge is 0.483 e. The molecule has 0 heterocycles. The molecule has 0 radical (unpaired) electrons. The Labute approximate surface area is 185 Å². The fourth-order valence-corrected chi connectivity index (χ4v) is 3.49. The van der Waals surface area contributed by atoms with Gasteiger partial charge in [-0.3, -0.25) is 9.59 Å². The van der Waals surface area contributed by atoms with Crippen molar-refractivity contribution < 1.29 is 14.3 Å². The maximum absolute atomic E-state index is 13.0. The molecule has 0 bridgehead atoms. The van der Waals surface area contributed by atoms with Gasteiger partial charge >= 0.3 is 0 Å². The molecule has 0 saturated heterocycles. The van der Waals surface area contributed by atoms with Crippen LogP contribution in [0.5, 0.6) is 5.75 Å². The predicted molar refractivity (Wildman–Crippen MR) is 119 cm³/mol. The molecule has 0 aromatic heterocycles. The van der Waals surface area contributed by atoms with Crippen molar-refractivity contribution in [1.29, 1.82) is 0 Å². The van der Waals surface area contributed by atoms with Crippen LogP contribution in [-0.4, -0.2) is 35.4 Å². The Kier molecular flexibility index (Phi) is 8.53. The highest BCUT2D eigenvalue weighted by Gasteiger charge is 2.27. The van der Waals surface area contributed by atoms with Gasteiger partial charge < -0.3 is 15.0 Å². The third-order valence-electron chi connectivity index (χ3n) is 4.32. The lowest BCUT2D eigenvalue weighted by molar-refractivity contribution is -0.142. The van der Waals surface area contributed by atoms with E-state index >= 15 is 0 Å². The van der Waals surface area contributed by atoms with E-state index < -0.39 is 6.04 Å². The molecular weight excluding hydrogens is 456 g/mol. The number of benzene rings is 2. The van der Waals surface area contributed by atoms with E-state index in [9.17, 15) is 9.59 Å². The average molecular weight is 482 g/mol. The maximum atomic E-state index is 13.0. The third-order valence-corrected chi connectivity index (χ3v) is 5.17. The molecule has 1 unspecified atom stereocenters. The first-order valence-electron chi connectivity index (χ1n) is 9.40. The minimum Gasteiger partial charge on any atom is -0.483 e. The third kappa shape index (κ3) is 7.05. The summed E-state index contributed by atoms with van der Waals surface area (Å²) in [5.74, 6) is 0.0317. The van der Waals surface area contributed by atoms with Gasteiger partial charge in [-0.15, -0.1) is 0 Å². The highest BCUT2D eigenvalue weighted by Crippen LogP contribution is 2.28. The molecule has 0 aliphatic heterocycles. The lowest BCUT2D eigenvalue weighted by Crippen LogP contribution is -2.50. The van der Waals surface area contributed by atoms with Crippen LogP contribution in [0.2, 0.25) is 5.02 Å². The fraction of sp³-hybridized carbons (Fsp3) is 0.364. The molecule has 7 heteroatoms. The molecule has 1 atom stereocenters. The van der Waals surface area contributed by atoms with Crippen LogP contribution < -0.4 is 10.1 Å². The summed E-state index contributed by atoms with van der Waals surface area (Å²) < 4.78 is 6.33. The zero-order valence-electron chi connectivity index (χ0n) is 17.0. The molecule has 2 aromatic carbocycles. The molecule has 29 heavy (non-hydrogen) atoms. The normalized spacial score (nSPS) is 11.8. The van der Waals surface area contributed by atoms with Gasteiger partial charge in [0.2, 0.25) is 5.91 Å². The zero-order chi connectivity index (χ0) is 21.6. The van der Waals surface area contributed by atoms with E-state index in [0.29, 0.717) is 21.8 Å². The van der Waals surface area contributed by atoms with E-state index in [0.717, 1.165) is 11.1 Å². The number of aryl methyl sites for hydroxylation is 1. The van der Waals surface area contributed by atoms with Crippen molar-refractivity contribution in [2.75, 3.05) is 6.61 Å². The molecule has 2 amide bonds. The van der Waals surface area contributed by atoms with Crippen LogP contribution in [0.25, 0.3) is 0 Å². The van der Waals surface area contributed by atoms with Crippen molar-refractivity contribution in [2.45, 2.75) is 46.3 Å². The number of nitrogens with zero attached hydrogens (tertiary/aromatic N) is 1. The van der Waals surface area contributed by atoms with Crippen LogP contribution in [-0.2, 0) is 16.1 Å². The Morgan fingerprint density at radius 3 is 2.38 bits per heavy atom.